The van der Waals surface area contributed by atoms with Crippen molar-refractivity contribution in [3.63, 3.8) is 0 Å². The normalized spacial score (nSPS) is 14.2. The van der Waals surface area contributed by atoms with E-state index in [1.807, 2.05) is 53.9 Å². The van der Waals surface area contributed by atoms with Gasteiger partial charge in [-0.05, 0) is 241 Å². The number of aliphatic hydroxyl groups excluding tert-OH is 2. The van der Waals surface area contributed by atoms with Crippen LogP contribution in [0, 0.1) is 59.6 Å². The molecule has 36 heteroatoms. The Balaban J connectivity index is -0.000000244. The number of alkyl carbamates (subject to hydrolysis) is 1. The molecular weight excluding hydrogens is 1930 g/mol. The Hall–Kier alpha value is -6.25. The van der Waals surface area contributed by atoms with Crippen LogP contribution in [0.3, 0.4) is 0 Å². The number of rotatable bonds is 52. The average molecular weight is 2160 g/mol. The van der Waals surface area contributed by atoms with Crippen molar-refractivity contribution in [2.24, 2.45) is 96.2 Å². The lowest BCUT2D eigenvalue weighted by Crippen LogP contribution is -2.44. The van der Waals surface area contributed by atoms with Crippen LogP contribution in [0.15, 0.2) is 25.8 Å². The molecule has 0 saturated heterocycles. The maximum Gasteiger partial charge on any atom is 0.407 e. The average Bonchev–Trinajstić information content (AvgIpc) is 1.88. The Bertz CT molecular complexity index is 3840. The van der Waals surface area contributed by atoms with Gasteiger partial charge in [-0.15, -0.1) is 5.10 Å². The molecule has 0 aromatic heterocycles. The molecule has 3 amide bonds. The number of primary amides is 1. The summed E-state index contributed by atoms with van der Waals surface area (Å²) >= 11 is 0. The maximum absolute atomic E-state index is 11.9. The standard InChI is InChI=1S/C14H30N2O2.C14H27NO5.C12H25NO3.C12H25NO2.C10H17NO2.C9H17N3.C9H15NO2.C9H20O2S.C9H20O.C8H17NO.C6H15NO2S/c1-14(2,3)9-7-6-8-12(16(4)5)13(18)15-10-11-17;1-14(2,3)8-6-5-7-11(12(16)17)15-13(18)20-10-9-19-4;1-12(2,3)7-5-4-6-10(11(15)16)13-8-9-14;1-12(2,3)9-7-6-8-10(11(14)15)13(4)5;1-10(2,3)6-4-5-8-7-9(12)13-11-8;1-9(2,3)6-4-5-8-7-10-12-11-8;1-9(2,3)5-4-7-6-8(11)12-10-7;1-9(2,3)7-5-6-8-12(4,10)11;1-5-7-10-8-6-9(2,3)4;1-8(2,3)6-4-5-7(9)10;1-6(2,3)4-5-10(7,8)9/h12,17H,6-11H2,1-5H3,(H,15,18);11H,5-10H2,1-4H3,(H,15,18)(H,16,17);10,13-14H,4-9H2,1-3H3,(H,15,16);10H,6-9H2,1-5H3,(H,14,15);4-7H2,1-3H3;4-7H2,1-3H3;4-6H2,1-3H3;5-8H2,1-4H3;5-8H2,1-4H3;4-6H2,1-3H3,(H2,9,10);4-5H2,1-3H3,(H2,7,8,9). The minimum Gasteiger partial charge on any atom is -0.480 e. The molecule has 0 aliphatic carbocycles. The van der Waals surface area contributed by atoms with Crippen LogP contribution in [-0.2, 0) is 77.3 Å². The number of ether oxygens (including phenoxy) is 3. The fourth-order valence-electron chi connectivity index (χ4n) is 13.1. The number of aliphatic carboxylic acids is 3. The van der Waals surface area contributed by atoms with Gasteiger partial charge in [-0.25, -0.2) is 41.2 Å². The molecule has 3 heterocycles. The number of unbranched alkanes of at least 4 members (excludes halogenated alkanes) is 5. The minimum absolute atomic E-state index is 0.00405. The lowest BCUT2D eigenvalue weighted by molar-refractivity contribution is -0.143. The van der Waals surface area contributed by atoms with Crippen LogP contribution in [-0.4, -0.2) is 254 Å². The summed E-state index contributed by atoms with van der Waals surface area (Å²) in [7, 11) is 2.99. The second-order valence-electron chi connectivity index (χ2n) is 52.9. The fourth-order valence-corrected chi connectivity index (χ4v) is 14.7. The van der Waals surface area contributed by atoms with E-state index in [4.69, 9.17) is 50.6 Å². The molecule has 12 N–H and O–H groups in total. The Kier molecular flexibility index (Phi) is 88.3. The van der Waals surface area contributed by atoms with Gasteiger partial charge in [-0.2, -0.15) is 5.11 Å². The predicted molar refractivity (Wildman–Crippen MR) is 610 cm³/mol. The van der Waals surface area contributed by atoms with E-state index < -0.39 is 55.9 Å². The number of carboxylic acid groups (broad SMARTS) is 3. The molecule has 0 bridgehead atoms. The summed E-state index contributed by atoms with van der Waals surface area (Å²) < 4.78 is 57.3. The van der Waals surface area contributed by atoms with Gasteiger partial charge >= 0.3 is 35.9 Å². The number of primary sulfonamides is 1. The number of amides is 3. The van der Waals surface area contributed by atoms with Gasteiger partial charge in [-0.1, -0.05) is 304 Å². The van der Waals surface area contributed by atoms with Crippen LogP contribution in [0.1, 0.15) is 460 Å². The predicted octanol–water partition coefficient (Wildman–Crippen LogP) is 23.4. The van der Waals surface area contributed by atoms with Crippen molar-refractivity contribution in [3.05, 3.63) is 0 Å². The number of carbonyl (C=O) groups is 8. The molecule has 34 nitrogen and oxygen atoms in total. The molecule has 0 aromatic carbocycles. The molecule has 0 aromatic rings. The zero-order valence-electron chi connectivity index (χ0n) is 102. The number of aliphatic hydroxyl groups is 2. The largest absolute Gasteiger partial charge is 0.480 e. The van der Waals surface area contributed by atoms with Crippen LogP contribution in [0.4, 0.5) is 4.79 Å². The van der Waals surface area contributed by atoms with Crippen LogP contribution in [0.5, 0.6) is 0 Å². The first kappa shape index (κ1) is 157. The summed E-state index contributed by atoms with van der Waals surface area (Å²) in [6.45, 7) is 77.7. The lowest BCUT2D eigenvalue weighted by Gasteiger charge is -2.24. The van der Waals surface area contributed by atoms with E-state index in [0.717, 1.165) is 204 Å². The molecule has 4 atom stereocenters. The molecular formula is C112H228N12O22S2. The monoisotopic (exact) mass is 2160 g/mol. The lowest BCUT2D eigenvalue weighted by atomic mass is 9.89. The van der Waals surface area contributed by atoms with Gasteiger partial charge in [0.15, 0.2) is 0 Å². The van der Waals surface area contributed by atoms with Crippen molar-refractivity contribution in [3.8, 4) is 0 Å². The van der Waals surface area contributed by atoms with E-state index in [0.29, 0.717) is 106 Å². The zero-order chi connectivity index (χ0) is 117. The number of hydrogen-bond acceptors (Lipinski definition) is 27. The van der Waals surface area contributed by atoms with Crippen LogP contribution >= 0.6 is 0 Å². The molecule has 3 aliphatic heterocycles. The number of carbonyl (C=O) groups excluding carboxylic acids is 5. The molecule has 4 unspecified atom stereocenters. The highest BCUT2D eigenvalue weighted by Gasteiger charge is 2.27. The first-order valence-corrected chi connectivity index (χ1v) is 58.0. The number of nitrogens with one attached hydrogen (secondary N) is 3. The Morgan fingerprint density at radius 1 is 0.426 bits per heavy atom. The van der Waals surface area contributed by atoms with Crippen molar-refractivity contribution < 1.29 is 105 Å². The summed E-state index contributed by atoms with van der Waals surface area (Å²) in [5.74, 6) is -2.78. The summed E-state index contributed by atoms with van der Waals surface area (Å²) in [6.07, 6.45) is 33.3. The van der Waals surface area contributed by atoms with Crippen molar-refractivity contribution >= 4 is 84.7 Å². The number of sulfone groups is 1. The van der Waals surface area contributed by atoms with Crippen LogP contribution < -0.4 is 26.8 Å². The van der Waals surface area contributed by atoms with Crippen molar-refractivity contribution in [2.75, 3.05) is 112 Å². The number of likely N-dealkylation sites (N-methyl/N-ethyl adjacent to an activating group) is 2. The molecule has 3 rings (SSSR count). The fraction of sp³-hybridized carbons (Fsp3) is 0.902. The molecule has 0 fully saturated rings. The van der Waals surface area contributed by atoms with Gasteiger partial charge in [0.1, 0.15) is 41.1 Å². The number of oxime groups is 2. The van der Waals surface area contributed by atoms with E-state index in [1.54, 1.807) is 4.90 Å². The highest BCUT2D eigenvalue weighted by Crippen LogP contribution is 2.31. The Morgan fingerprint density at radius 2 is 0.784 bits per heavy atom. The topological polar surface area (TPSA) is 509 Å². The number of methoxy groups -OCH3 is 1. The quantitative estimate of drug-likeness (QED) is 0.0200. The van der Waals surface area contributed by atoms with Gasteiger partial charge in [0.05, 0.1) is 61.6 Å². The minimum atomic E-state index is -3.26. The Morgan fingerprint density at radius 3 is 1.09 bits per heavy atom. The highest BCUT2D eigenvalue weighted by molar-refractivity contribution is 7.90. The van der Waals surface area contributed by atoms with Crippen LogP contribution in [0.2, 0.25) is 0 Å². The van der Waals surface area contributed by atoms with Crippen molar-refractivity contribution in [2.45, 2.75) is 484 Å². The summed E-state index contributed by atoms with van der Waals surface area (Å²) in [5.41, 5.74) is 11.4. The first-order valence-electron chi connectivity index (χ1n) is 54.2. The second-order valence-corrected chi connectivity index (χ2v) is 56.9. The third-order valence-electron chi connectivity index (χ3n) is 22.0. The van der Waals surface area contributed by atoms with Crippen molar-refractivity contribution in [1.82, 2.24) is 25.8 Å². The third-order valence-corrected chi connectivity index (χ3v) is 23.8. The number of hydrogen-bond donors (Lipinski definition) is 10. The first-order chi connectivity index (χ1) is 67.1. The highest BCUT2D eigenvalue weighted by atomic mass is 32.2. The third kappa shape index (κ3) is 134. The van der Waals surface area contributed by atoms with Gasteiger partial charge in [-0.3, -0.25) is 29.0 Å². The molecule has 880 valence electrons. The molecule has 0 radical (unpaired) electrons. The Labute approximate surface area is 902 Å². The van der Waals surface area contributed by atoms with Crippen LogP contribution in [0.25, 0.3) is 0 Å². The number of sulfonamides is 1. The van der Waals surface area contributed by atoms with Gasteiger partial charge < -0.3 is 71.1 Å². The number of carboxylic acids is 3. The molecule has 3 aliphatic rings. The van der Waals surface area contributed by atoms with Gasteiger partial charge in [0.25, 0.3) is 0 Å². The van der Waals surface area contributed by atoms with E-state index in [1.165, 1.54) is 32.6 Å². The van der Waals surface area contributed by atoms with Gasteiger partial charge in [0, 0.05) is 51.8 Å². The van der Waals surface area contributed by atoms with E-state index in [2.05, 4.69) is 266 Å². The van der Waals surface area contributed by atoms with E-state index in [9.17, 15) is 55.2 Å². The van der Waals surface area contributed by atoms with E-state index >= 15 is 0 Å². The zero-order valence-corrected chi connectivity index (χ0v) is 103. The summed E-state index contributed by atoms with van der Waals surface area (Å²) in [6, 6.07) is -1.83. The molecule has 0 saturated carbocycles. The second kappa shape index (κ2) is 83.2. The smallest absolute Gasteiger partial charge is 0.407 e. The summed E-state index contributed by atoms with van der Waals surface area (Å²) in [5, 5.41) is 75.7. The number of nitrogens with two attached hydrogens (primary N) is 2. The SMILES string of the molecule is CC(C)(C)CCC1=NOC(=O)C1.CC(C)(C)CCCC(N)=O.CC(C)(C)CCCC1=NN=NC1.CC(C)(C)CCCC1=NOC(=O)C1.CC(C)(C)CCCCC(NCCO)C(=O)O.CC(C)(C)CCCCS(C)(=O)=O.CC(C)(C)CCS(N)(=O)=O.CCCOCCC(C)(C)C.CN(C)C(CCCCC(C)(C)C)C(=O)NCCO.CN(C)C(CCCCC(C)(C)C)C(=O)O.COCCOC(=O)NC(CCCCC(C)(C)C)C(=O)O. The molecule has 148 heavy (non-hydrogen) atoms. The molecule has 0 spiro atoms. The van der Waals surface area contributed by atoms with Gasteiger partial charge in [0.2, 0.25) is 21.8 Å². The number of nitrogens with zero attached hydrogens (tertiary/aromatic N) is 7. The maximum atomic E-state index is 11.9. The summed E-state index contributed by atoms with van der Waals surface area (Å²) in [4.78, 5) is 100. The van der Waals surface area contributed by atoms with Crippen molar-refractivity contribution in [1.29, 1.82) is 0 Å². The van der Waals surface area contributed by atoms with E-state index in [-0.39, 0.29) is 78.8 Å².